The summed E-state index contributed by atoms with van der Waals surface area (Å²) in [6.07, 6.45) is -1.86. The van der Waals surface area contributed by atoms with Crippen molar-refractivity contribution in [1.29, 1.82) is 0 Å². The molecule has 2 rings (SSSR count). The normalized spacial score (nSPS) is 11.8. The zero-order valence-corrected chi connectivity index (χ0v) is 18.0. The Bertz CT molecular complexity index is 859. The Labute approximate surface area is 179 Å². The first-order chi connectivity index (χ1) is 14.4. The predicted molar refractivity (Wildman–Crippen MR) is 107 cm³/mol. The summed E-state index contributed by atoms with van der Waals surface area (Å²) in [5, 5.41) is 2.52. The van der Waals surface area contributed by atoms with Gasteiger partial charge in [-0.2, -0.15) is 13.2 Å². The molecule has 1 heterocycles. The molecule has 1 aromatic heterocycles. The third kappa shape index (κ3) is 9.45. The van der Waals surface area contributed by atoms with Crippen molar-refractivity contribution < 1.29 is 32.2 Å². The zero-order valence-electron chi connectivity index (χ0n) is 18.0. The Morgan fingerprint density at radius 2 is 1.74 bits per heavy atom. The molecule has 0 spiro atoms. The van der Waals surface area contributed by atoms with E-state index in [1.54, 1.807) is 26.8 Å². The number of hydrogen-bond donors (Lipinski definition) is 1. The number of benzene rings is 1. The van der Waals surface area contributed by atoms with Crippen molar-refractivity contribution >= 4 is 12.1 Å². The molecule has 31 heavy (non-hydrogen) atoms. The molecule has 0 aliphatic heterocycles. The summed E-state index contributed by atoms with van der Waals surface area (Å²) in [6.45, 7) is 8.66. The number of ether oxygens (including phenoxy) is 2. The van der Waals surface area contributed by atoms with Gasteiger partial charge < -0.3 is 14.8 Å². The second-order valence-corrected chi connectivity index (χ2v) is 6.75. The van der Waals surface area contributed by atoms with Gasteiger partial charge in [0.15, 0.2) is 0 Å². The number of carbonyl (C=O) groups excluding carboxylic acids is 2. The van der Waals surface area contributed by atoms with Gasteiger partial charge in [0.05, 0.1) is 17.7 Å². The number of alkyl halides is 3. The molecule has 10 heteroatoms. The number of carbonyl (C=O) groups is 2. The molecule has 0 aliphatic rings. The van der Waals surface area contributed by atoms with Crippen LogP contribution >= 0.6 is 0 Å². The van der Waals surface area contributed by atoms with Gasteiger partial charge in [0.25, 0.3) is 0 Å². The molecular weight excluding hydrogens is 415 g/mol. The van der Waals surface area contributed by atoms with Crippen LogP contribution in [0.5, 0.6) is 6.01 Å². The summed E-state index contributed by atoms with van der Waals surface area (Å²) in [7, 11) is 0. The number of halogens is 3. The molecule has 1 unspecified atom stereocenters. The van der Waals surface area contributed by atoms with E-state index < -0.39 is 23.9 Å². The maximum absolute atomic E-state index is 12.6. The Morgan fingerprint density at radius 3 is 2.19 bits per heavy atom. The highest BCUT2D eigenvalue weighted by Crippen LogP contribution is 2.31. The van der Waals surface area contributed by atoms with Crippen LogP contribution in [0.25, 0.3) is 0 Å². The van der Waals surface area contributed by atoms with Gasteiger partial charge in [-0.25, -0.2) is 14.8 Å². The minimum absolute atomic E-state index is 0.0300. The summed E-state index contributed by atoms with van der Waals surface area (Å²) in [4.78, 5) is 29.6. The lowest BCUT2D eigenvalue weighted by atomic mass is 10.00. The van der Waals surface area contributed by atoms with Gasteiger partial charge in [0.1, 0.15) is 0 Å². The van der Waals surface area contributed by atoms with Gasteiger partial charge in [-0.15, -0.1) is 0 Å². The van der Waals surface area contributed by atoms with Crippen LogP contribution in [-0.2, 0) is 15.7 Å². The molecule has 2 aromatic rings. The van der Waals surface area contributed by atoms with E-state index in [0.717, 1.165) is 12.1 Å². The summed E-state index contributed by atoms with van der Waals surface area (Å²) >= 11 is 0. The van der Waals surface area contributed by atoms with Crippen molar-refractivity contribution in [2.75, 3.05) is 0 Å². The molecule has 1 N–H and O–H groups in total. The lowest BCUT2D eigenvalue weighted by Gasteiger charge is -2.17. The number of esters is 1. The molecule has 170 valence electrons. The predicted octanol–water partition coefficient (Wildman–Crippen LogP) is 5.00. The van der Waals surface area contributed by atoms with Crippen LogP contribution in [0.1, 0.15) is 56.8 Å². The molecular formula is C21H26F3N3O4. The van der Waals surface area contributed by atoms with Crippen LogP contribution in [0.3, 0.4) is 0 Å². The van der Waals surface area contributed by atoms with Gasteiger partial charge in [-0.1, -0.05) is 13.0 Å². The van der Waals surface area contributed by atoms with Gasteiger partial charge in [0.2, 0.25) is 0 Å². The van der Waals surface area contributed by atoms with Crippen molar-refractivity contribution in [2.45, 2.75) is 59.4 Å². The lowest BCUT2D eigenvalue weighted by Crippen LogP contribution is -2.30. The largest absolute Gasteiger partial charge is 0.463 e. The van der Waals surface area contributed by atoms with Crippen molar-refractivity contribution in [1.82, 2.24) is 15.3 Å². The smallest absolute Gasteiger partial charge is 0.416 e. The Kier molecular flexibility index (Phi) is 9.91. The number of amides is 1. The summed E-state index contributed by atoms with van der Waals surface area (Å²) in [5.41, 5.74) is 0.249. The molecule has 0 aliphatic carbocycles. The zero-order chi connectivity index (χ0) is 23.6. The van der Waals surface area contributed by atoms with Gasteiger partial charge in [-0.3, -0.25) is 4.79 Å². The molecule has 0 saturated carbocycles. The van der Waals surface area contributed by atoms with Crippen LogP contribution in [0.4, 0.5) is 18.0 Å². The van der Waals surface area contributed by atoms with Crippen molar-refractivity contribution in [2.24, 2.45) is 0 Å². The second kappa shape index (κ2) is 11.9. The lowest BCUT2D eigenvalue weighted by molar-refractivity contribution is -0.147. The van der Waals surface area contributed by atoms with E-state index >= 15 is 0 Å². The Hall–Kier alpha value is -3.17. The minimum atomic E-state index is -4.40. The monoisotopic (exact) mass is 441 g/mol. The highest BCUT2D eigenvalue weighted by atomic mass is 19.4. The topological polar surface area (TPSA) is 90.4 Å². The highest BCUT2D eigenvalue weighted by molar-refractivity contribution is 5.70. The fraction of sp³-hybridized carbons (Fsp3) is 0.429. The van der Waals surface area contributed by atoms with Crippen molar-refractivity contribution in [3.63, 3.8) is 0 Å². The van der Waals surface area contributed by atoms with Crippen molar-refractivity contribution in [3.8, 4) is 6.01 Å². The van der Waals surface area contributed by atoms with Crippen LogP contribution in [0.2, 0.25) is 0 Å². The van der Waals surface area contributed by atoms with E-state index in [9.17, 15) is 22.8 Å². The van der Waals surface area contributed by atoms with Gasteiger partial charge in [-0.05, 0) is 57.0 Å². The quantitative estimate of drug-likeness (QED) is 0.657. The van der Waals surface area contributed by atoms with Crippen molar-refractivity contribution in [3.05, 3.63) is 53.3 Å². The number of hydrogen-bond acceptors (Lipinski definition) is 6. The molecule has 0 fully saturated rings. The number of aryl methyl sites for hydroxylation is 1. The van der Waals surface area contributed by atoms with Gasteiger partial charge in [0, 0.05) is 18.8 Å². The summed E-state index contributed by atoms with van der Waals surface area (Å²) in [6, 6.07) is 4.28. The molecule has 0 bridgehead atoms. The van der Waals surface area contributed by atoms with E-state index in [0.29, 0.717) is 17.5 Å². The number of nitrogens with one attached hydrogen (secondary N) is 1. The number of aromatic nitrogens is 2. The standard InChI is InChI=1S/C15H14F3N3O2.C6H12O2/c1-9-8-11(15(16,17)18)4-5-12(9)10(2)21-14(22)23-13-19-6-3-7-20-13;1-4-6(7)8-5(2)3/h3-8,10H,1-2H3,(H,21,22);5H,4H2,1-3H3. The Balaban J connectivity index is 0.000000512. The molecule has 1 amide bonds. The summed E-state index contributed by atoms with van der Waals surface area (Å²) in [5.74, 6) is -0.125. The maximum Gasteiger partial charge on any atom is 0.416 e. The van der Waals surface area contributed by atoms with Crippen LogP contribution in [-0.4, -0.2) is 28.1 Å². The van der Waals surface area contributed by atoms with E-state index in [2.05, 4.69) is 15.3 Å². The first-order valence-corrected chi connectivity index (χ1v) is 9.56. The van der Waals surface area contributed by atoms with E-state index in [-0.39, 0.29) is 18.1 Å². The first kappa shape index (κ1) is 25.9. The fourth-order valence-corrected chi connectivity index (χ4v) is 2.39. The molecule has 7 nitrogen and oxygen atoms in total. The second-order valence-electron chi connectivity index (χ2n) is 6.75. The van der Waals surface area contributed by atoms with Crippen LogP contribution in [0, 0.1) is 6.92 Å². The van der Waals surface area contributed by atoms with Crippen LogP contribution < -0.4 is 10.1 Å². The number of nitrogens with zero attached hydrogens (tertiary/aromatic N) is 2. The third-order valence-corrected chi connectivity index (χ3v) is 3.78. The fourth-order valence-electron chi connectivity index (χ4n) is 2.39. The molecule has 1 aromatic carbocycles. The highest BCUT2D eigenvalue weighted by Gasteiger charge is 2.31. The minimum Gasteiger partial charge on any atom is -0.463 e. The van der Waals surface area contributed by atoms with Gasteiger partial charge >= 0.3 is 24.2 Å². The average molecular weight is 441 g/mol. The average Bonchev–Trinajstić information content (AvgIpc) is 2.67. The first-order valence-electron chi connectivity index (χ1n) is 9.56. The third-order valence-electron chi connectivity index (χ3n) is 3.78. The molecule has 0 saturated heterocycles. The maximum atomic E-state index is 12.6. The van der Waals surface area contributed by atoms with E-state index in [1.807, 2.05) is 13.8 Å². The molecule has 1 atom stereocenters. The summed E-state index contributed by atoms with van der Waals surface area (Å²) < 4.78 is 47.6. The number of rotatable bonds is 5. The van der Waals surface area contributed by atoms with E-state index in [4.69, 9.17) is 9.47 Å². The van der Waals surface area contributed by atoms with Crippen LogP contribution in [0.15, 0.2) is 36.7 Å². The Morgan fingerprint density at radius 1 is 1.13 bits per heavy atom. The SMILES string of the molecule is CCC(=O)OC(C)C.Cc1cc(C(F)(F)F)ccc1C(C)NC(=O)Oc1ncccn1. The molecule has 0 radical (unpaired) electrons. The van der Waals surface area contributed by atoms with E-state index in [1.165, 1.54) is 18.5 Å².